The molecule has 0 radical (unpaired) electrons. The Hall–Kier alpha value is -2.52. The van der Waals surface area contributed by atoms with Crippen LogP contribution in [0.1, 0.15) is 0 Å². The average Bonchev–Trinajstić information content (AvgIpc) is 3.01. The monoisotopic (exact) mass is 375 g/mol. The molecule has 0 spiro atoms. The number of hydrogen-bond donors (Lipinski definition) is 1. The molecule has 4 aromatic carbocycles. The number of ether oxygens (including phenoxy) is 1. The first-order chi connectivity index (χ1) is 11.8. The molecule has 0 saturated heterocycles. The fourth-order valence-corrected chi connectivity index (χ4v) is 4.03. The second-order valence-electron chi connectivity index (χ2n) is 6.02. The van der Waals surface area contributed by atoms with E-state index in [1.54, 1.807) is 7.11 Å². The molecule has 2 nitrogen and oxygen atoms in total. The SMILES string of the molecule is COc1ccc2c(c1)c1ccc(Br)cc1c1[nH]c3ccccc3c21. The van der Waals surface area contributed by atoms with E-state index < -0.39 is 0 Å². The summed E-state index contributed by atoms with van der Waals surface area (Å²) < 4.78 is 6.54. The molecule has 0 bridgehead atoms. The summed E-state index contributed by atoms with van der Waals surface area (Å²) in [5, 5.41) is 7.44. The van der Waals surface area contributed by atoms with Crippen LogP contribution in [-0.2, 0) is 0 Å². The van der Waals surface area contributed by atoms with Crippen LogP contribution in [0.2, 0.25) is 0 Å². The zero-order valence-corrected chi connectivity index (χ0v) is 14.6. The molecule has 1 aromatic heterocycles. The maximum absolute atomic E-state index is 5.46. The predicted molar refractivity (Wildman–Crippen MR) is 105 cm³/mol. The first-order valence-corrected chi connectivity index (χ1v) is 8.65. The summed E-state index contributed by atoms with van der Waals surface area (Å²) in [7, 11) is 1.71. The fourth-order valence-electron chi connectivity index (χ4n) is 3.67. The molecule has 0 aliphatic heterocycles. The Balaban J connectivity index is 2.15. The third-order valence-electron chi connectivity index (χ3n) is 4.74. The molecule has 0 saturated carbocycles. The molecule has 0 fully saturated rings. The summed E-state index contributed by atoms with van der Waals surface area (Å²) in [6, 6.07) is 21.3. The second-order valence-corrected chi connectivity index (χ2v) is 6.94. The van der Waals surface area contributed by atoms with E-state index in [2.05, 4.69) is 75.5 Å². The van der Waals surface area contributed by atoms with Crippen LogP contribution in [0.5, 0.6) is 5.75 Å². The molecule has 0 amide bonds. The Morgan fingerprint density at radius 1 is 0.792 bits per heavy atom. The lowest BCUT2D eigenvalue weighted by molar-refractivity contribution is 0.415. The largest absolute Gasteiger partial charge is 0.497 e. The van der Waals surface area contributed by atoms with Crippen molar-refractivity contribution in [3.63, 3.8) is 0 Å². The van der Waals surface area contributed by atoms with Crippen molar-refractivity contribution >= 4 is 59.3 Å². The van der Waals surface area contributed by atoms with Crippen LogP contribution in [0.4, 0.5) is 0 Å². The maximum Gasteiger partial charge on any atom is 0.119 e. The van der Waals surface area contributed by atoms with Gasteiger partial charge in [-0.25, -0.2) is 0 Å². The van der Waals surface area contributed by atoms with Gasteiger partial charge in [-0.15, -0.1) is 0 Å². The smallest absolute Gasteiger partial charge is 0.119 e. The van der Waals surface area contributed by atoms with Crippen molar-refractivity contribution < 1.29 is 4.74 Å². The zero-order valence-electron chi connectivity index (χ0n) is 13.1. The lowest BCUT2D eigenvalue weighted by Crippen LogP contribution is -1.85. The van der Waals surface area contributed by atoms with E-state index >= 15 is 0 Å². The molecule has 0 aliphatic carbocycles. The molecule has 0 unspecified atom stereocenters. The first-order valence-electron chi connectivity index (χ1n) is 7.85. The van der Waals surface area contributed by atoms with Crippen LogP contribution in [0.25, 0.3) is 43.4 Å². The van der Waals surface area contributed by atoms with Gasteiger partial charge in [0.1, 0.15) is 5.75 Å². The highest BCUT2D eigenvalue weighted by atomic mass is 79.9. The van der Waals surface area contributed by atoms with Gasteiger partial charge >= 0.3 is 0 Å². The van der Waals surface area contributed by atoms with Gasteiger partial charge in [-0.05, 0) is 52.6 Å². The third-order valence-corrected chi connectivity index (χ3v) is 5.24. The number of halogens is 1. The zero-order chi connectivity index (χ0) is 16.3. The van der Waals surface area contributed by atoms with E-state index in [1.807, 2.05) is 6.07 Å². The van der Waals surface area contributed by atoms with Gasteiger partial charge in [0.2, 0.25) is 0 Å². The molecular formula is C21H14BrNO. The minimum absolute atomic E-state index is 0.880. The molecule has 0 aliphatic rings. The summed E-state index contributed by atoms with van der Waals surface area (Å²) in [4.78, 5) is 3.62. The molecule has 3 heteroatoms. The van der Waals surface area contributed by atoms with Gasteiger partial charge in [0.25, 0.3) is 0 Å². The molecule has 5 aromatic rings. The van der Waals surface area contributed by atoms with Gasteiger partial charge in [-0.1, -0.05) is 40.2 Å². The average molecular weight is 376 g/mol. The summed E-state index contributed by atoms with van der Waals surface area (Å²) >= 11 is 3.62. The lowest BCUT2D eigenvalue weighted by Gasteiger charge is -2.09. The van der Waals surface area contributed by atoms with E-state index in [9.17, 15) is 0 Å². The van der Waals surface area contributed by atoms with Crippen LogP contribution in [0.3, 0.4) is 0 Å². The van der Waals surface area contributed by atoms with E-state index in [-0.39, 0.29) is 0 Å². The van der Waals surface area contributed by atoms with Gasteiger partial charge in [-0.3, -0.25) is 0 Å². The summed E-state index contributed by atoms with van der Waals surface area (Å²) in [6.45, 7) is 0. The van der Waals surface area contributed by atoms with Crippen LogP contribution in [0.15, 0.2) is 65.1 Å². The highest BCUT2D eigenvalue weighted by molar-refractivity contribution is 9.10. The Labute approximate surface area is 147 Å². The number of rotatable bonds is 1. The van der Waals surface area contributed by atoms with Gasteiger partial charge in [0, 0.05) is 26.1 Å². The van der Waals surface area contributed by atoms with Gasteiger partial charge in [0.15, 0.2) is 0 Å². The molecule has 1 heterocycles. The minimum Gasteiger partial charge on any atom is -0.497 e. The van der Waals surface area contributed by atoms with E-state index in [1.165, 1.54) is 37.8 Å². The molecule has 5 rings (SSSR count). The highest BCUT2D eigenvalue weighted by Gasteiger charge is 2.14. The number of aromatic nitrogens is 1. The van der Waals surface area contributed by atoms with Crippen LogP contribution < -0.4 is 4.74 Å². The van der Waals surface area contributed by atoms with Crippen LogP contribution in [-0.4, -0.2) is 12.1 Å². The number of benzene rings is 4. The van der Waals surface area contributed by atoms with Crippen LogP contribution >= 0.6 is 15.9 Å². The van der Waals surface area contributed by atoms with Crippen molar-refractivity contribution in [3.05, 3.63) is 65.1 Å². The van der Waals surface area contributed by atoms with E-state index in [0.29, 0.717) is 0 Å². The Kier molecular flexibility index (Phi) is 2.88. The lowest BCUT2D eigenvalue weighted by atomic mass is 9.96. The fraction of sp³-hybridized carbons (Fsp3) is 0.0476. The Morgan fingerprint density at radius 3 is 2.50 bits per heavy atom. The number of methoxy groups -OCH3 is 1. The number of fused-ring (bicyclic) bond motifs is 8. The van der Waals surface area contributed by atoms with Crippen molar-refractivity contribution in [1.29, 1.82) is 0 Å². The summed E-state index contributed by atoms with van der Waals surface area (Å²) in [5.41, 5.74) is 2.35. The quantitative estimate of drug-likeness (QED) is 0.337. The molecule has 1 N–H and O–H groups in total. The van der Waals surface area contributed by atoms with Gasteiger partial charge < -0.3 is 9.72 Å². The highest BCUT2D eigenvalue weighted by Crippen LogP contribution is 2.40. The summed E-state index contributed by atoms with van der Waals surface area (Å²) in [6.07, 6.45) is 0. The third kappa shape index (κ3) is 1.82. The molecule has 116 valence electrons. The second kappa shape index (κ2) is 4.99. The molecular weight excluding hydrogens is 362 g/mol. The minimum atomic E-state index is 0.880. The standard InChI is InChI=1S/C21H14BrNO/c1-24-13-7-9-15-17(11-13)14-8-6-12(22)10-18(14)21-20(15)16-4-2-3-5-19(16)23-21/h2-11,23H,1H3. The predicted octanol–water partition coefficient (Wildman–Crippen LogP) is 6.40. The number of nitrogens with one attached hydrogen (secondary N) is 1. The normalized spacial score (nSPS) is 11.8. The first kappa shape index (κ1) is 13.9. The van der Waals surface area contributed by atoms with Crippen molar-refractivity contribution in [2.45, 2.75) is 0 Å². The van der Waals surface area contributed by atoms with Crippen molar-refractivity contribution in [3.8, 4) is 5.75 Å². The van der Waals surface area contributed by atoms with Crippen molar-refractivity contribution in [1.82, 2.24) is 4.98 Å². The number of hydrogen-bond acceptors (Lipinski definition) is 1. The number of H-pyrrole nitrogens is 1. The maximum atomic E-state index is 5.46. The van der Waals surface area contributed by atoms with Crippen molar-refractivity contribution in [2.24, 2.45) is 0 Å². The summed E-state index contributed by atoms with van der Waals surface area (Å²) in [5.74, 6) is 0.880. The molecule has 0 atom stereocenters. The molecule has 24 heavy (non-hydrogen) atoms. The Morgan fingerprint density at radius 2 is 1.62 bits per heavy atom. The van der Waals surface area contributed by atoms with Crippen molar-refractivity contribution in [2.75, 3.05) is 7.11 Å². The topological polar surface area (TPSA) is 25.0 Å². The number of para-hydroxylation sites is 1. The van der Waals surface area contributed by atoms with E-state index in [0.717, 1.165) is 15.7 Å². The van der Waals surface area contributed by atoms with Gasteiger partial charge in [-0.2, -0.15) is 0 Å². The van der Waals surface area contributed by atoms with E-state index in [4.69, 9.17) is 4.74 Å². The van der Waals surface area contributed by atoms with Crippen LogP contribution in [0, 0.1) is 0 Å². The van der Waals surface area contributed by atoms with Gasteiger partial charge in [0.05, 0.1) is 12.6 Å². The Bertz CT molecular complexity index is 1250. The number of aromatic amines is 1.